The first kappa shape index (κ1) is 19.8. The molecule has 1 aliphatic heterocycles. The summed E-state index contributed by atoms with van der Waals surface area (Å²) in [6.07, 6.45) is 2.05. The van der Waals surface area contributed by atoms with Crippen LogP contribution in [0.3, 0.4) is 0 Å². The lowest BCUT2D eigenvalue weighted by molar-refractivity contribution is -0.129. The van der Waals surface area contributed by atoms with Crippen molar-refractivity contribution >= 4 is 11.8 Å². The third kappa shape index (κ3) is 4.38. The Morgan fingerprint density at radius 1 is 1.10 bits per heavy atom. The van der Waals surface area contributed by atoms with Crippen LogP contribution in [0.5, 0.6) is 0 Å². The largest absolute Gasteiger partial charge is 0.340 e. The average molecular weight is 403 g/mol. The lowest BCUT2D eigenvalue weighted by Gasteiger charge is -2.17. The molecule has 30 heavy (non-hydrogen) atoms. The first-order valence-corrected chi connectivity index (χ1v) is 9.87. The van der Waals surface area contributed by atoms with Gasteiger partial charge in [0.15, 0.2) is 0 Å². The smallest absolute Gasteiger partial charge is 0.253 e. The van der Waals surface area contributed by atoms with Crippen LogP contribution in [0, 0.1) is 12.7 Å². The lowest BCUT2D eigenvalue weighted by Crippen LogP contribution is -2.41. The second-order valence-electron chi connectivity index (χ2n) is 7.50. The van der Waals surface area contributed by atoms with Gasteiger partial charge in [-0.1, -0.05) is 29.8 Å². The van der Waals surface area contributed by atoms with Crippen LogP contribution < -0.4 is 5.32 Å². The molecular formula is C24H22FN3O2. The summed E-state index contributed by atoms with van der Waals surface area (Å²) >= 11 is 0. The highest BCUT2D eigenvalue weighted by Crippen LogP contribution is 2.19. The summed E-state index contributed by atoms with van der Waals surface area (Å²) in [4.78, 5) is 31.3. The monoisotopic (exact) mass is 403 g/mol. The quantitative estimate of drug-likeness (QED) is 0.706. The van der Waals surface area contributed by atoms with Gasteiger partial charge < -0.3 is 10.2 Å². The lowest BCUT2D eigenvalue weighted by atomic mass is 10.1. The van der Waals surface area contributed by atoms with Gasteiger partial charge in [0.2, 0.25) is 5.91 Å². The Morgan fingerprint density at radius 3 is 2.50 bits per heavy atom. The number of hydrogen-bond donors (Lipinski definition) is 1. The van der Waals surface area contributed by atoms with Gasteiger partial charge in [-0.3, -0.25) is 14.6 Å². The van der Waals surface area contributed by atoms with Crippen LogP contribution in [0.1, 0.15) is 27.9 Å². The maximum Gasteiger partial charge on any atom is 0.253 e. The Labute approximate surface area is 174 Å². The number of pyridine rings is 1. The normalized spacial score (nSPS) is 16.0. The summed E-state index contributed by atoms with van der Waals surface area (Å²) < 4.78 is 13.1. The van der Waals surface area contributed by atoms with Crippen molar-refractivity contribution in [2.75, 3.05) is 6.54 Å². The zero-order valence-electron chi connectivity index (χ0n) is 16.6. The Hall–Kier alpha value is -3.54. The molecule has 5 nitrogen and oxygen atoms in total. The summed E-state index contributed by atoms with van der Waals surface area (Å²) in [6.45, 7) is 3.18. The van der Waals surface area contributed by atoms with Gasteiger partial charge in [0.05, 0.1) is 11.3 Å². The van der Waals surface area contributed by atoms with Gasteiger partial charge >= 0.3 is 0 Å². The van der Waals surface area contributed by atoms with E-state index in [0.29, 0.717) is 30.8 Å². The van der Waals surface area contributed by atoms with Crippen molar-refractivity contribution in [3.8, 4) is 11.3 Å². The van der Waals surface area contributed by atoms with E-state index in [9.17, 15) is 14.0 Å². The number of nitrogens with zero attached hydrogens (tertiary/aromatic N) is 2. The van der Waals surface area contributed by atoms with E-state index in [1.165, 1.54) is 23.9 Å². The van der Waals surface area contributed by atoms with Crippen LogP contribution in [0.2, 0.25) is 0 Å². The van der Waals surface area contributed by atoms with Crippen molar-refractivity contribution in [3.05, 3.63) is 89.4 Å². The maximum atomic E-state index is 13.1. The van der Waals surface area contributed by atoms with Crippen molar-refractivity contribution < 1.29 is 14.0 Å². The number of hydrogen-bond acceptors (Lipinski definition) is 3. The molecule has 0 aliphatic carbocycles. The predicted molar refractivity (Wildman–Crippen MR) is 112 cm³/mol. The van der Waals surface area contributed by atoms with Crippen molar-refractivity contribution in [1.82, 2.24) is 15.2 Å². The number of nitrogens with one attached hydrogen (secondary N) is 1. The molecule has 0 radical (unpaired) electrons. The Morgan fingerprint density at radius 2 is 1.83 bits per heavy atom. The standard InChI is InChI=1S/C24H22FN3O2/c1-16-2-4-17(5-3-16)15-28-13-12-22(24(28)30)27-23(29)19-8-11-21(26-14-19)18-6-9-20(25)10-7-18/h2-11,14,22H,12-13,15H2,1H3,(H,27,29). The zero-order valence-corrected chi connectivity index (χ0v) is 16.6. The highest BCUT2D eigenvalue weighted by Gasteiger charge is 2.32. The number of rotatable bonds is 5. The van der Waals surface area contributed by atoms with Crippen molar-refractivity contribution in [1.29, 1.82) is 0 Å². The second-order valence-corrected chi connectivity index (χ2v) is 7.50. The SMILES string of the molecule is Cc1ccc(CN2CCC(NC(=O)c3ccc(-c4ccc(F)cc4)nc3)C2=O)cc1. The Balaban J connectivity index is 1.37. The van der Waals surface area contributed by atoms with Gasteiger partial charge in [-0.2, -0.15) is 0 Å². The van der Waals surface area contributed by atoms with E-state index in [-0.39, 0.29) is 17.6 Å². The molecule has 1 saturated heterocycles. The van der Waals surface area contributed by atoms with Crippen LogP contribution >= 0.6 is 0 Å². The maximum absolute atomic E-state index is 13.1. The fourth-order valence-corrected chi connectivity index (χ4v) is 3.50. The fraction of sp³-hybridized carbons (Fsp3) is 0.208. The molecule has 1 aromatic heterocycles. The zero-order chi connectivity index (χ0) is 21.1. The minimum atomic E-state index is -0.528. The molecule has 4 rings (SSSR count). The topological polar surface area (TPSA) is 62.3 Å². The third-order valence-corrected chi connectivity index (χ3v) is 5.26. The van der Waals surface area contributed by atoms with Crippen LogP contribution in [0.25, 0.3) is 11.3 Å². The average Bonchev–Trinajstić information content (AvgIpc) is 3.09. The number of likely N-dealkylation sites (tertiary alicyclic amines) is 1. The molecule has 2 aromatic carbocycles. The van der Waals surface area contributed by atoms with Gasteiger partial charge in [0.1, 0.15) is 11.9 Å². The molecule has 1 aliphatic rings. The first-order valence-electron chi connectivity index (χ1n) is 9.87. The number of benzene rings is 2. The van der Waals surface area contributed by atoms with Crippen LogP contribution in [0.4, 0.5) is 4.39 Å². The molecule has 1 unspecified atom stereocenters. The van der Waals surface area contributed by atoms with Gasteiger partial charge in [-0.05, 0) is 55.3 Å². The second kappa shape index (κ2) is 8.45. The van der Waals surface area contributed by atoms with E-state index >= 15 is 0 Å². The molecule has 6 heteroatoms. The van der Waals surface area contributed by atoms with Crippen molar-refractivity contribution in [2.24, 2.45) is 0 Å². The number of halogens is 1. The molecule has 1 fully saturated rings. The highest BCUT2D eigenvalue weighted by atomic mass is 19.1. The number of carbonyl (C=O) groups excluding carboxylic acids is 2. The number of aromatic nitrogens is 1. The van der Waals surface area contributed by atoms with E-state index in [2.05, 4.69) is 10.3 Å². The Kier molecular flexibility index (Phi) is 5.57. The fourth-order valence-electron chi connectivity index (χ4n) is 3.50. The molecule has 0 saturated carbocycles. The molecule has 0 spiro atoms. The van der Waals surface area contributed by atoms with Crippen molar-refractivity contribution in [2.45, 2.75) is 25.9 Å². The molecule has 2 heterocycles. The van der Waals surface area contributed by atoms with Gasteiger partial charge in [-0.25, -0.2) is 4.39 Å². The van der Waals surface area contributed by atoms with Crippen LogP contribution in [-0.2, 0) is 11.3 Å². The van der Waals surface area contributed by atoms with E-state index in [1.807, 2.05) is 31.2 Å². The molecule has 1 atom stereocenters. The summed E-state index contributed by atoms with van der Waals surface area (Å²) in [5.41, 5.74) is 4.04. The van der Waals surface area contributed by atoms with Crippen LogP contribution in [0.15, 0.2) is 66.9 Å². The number of aryl methyl sites for hydroxylation is 1. The molecule has 0 bridgehead atoms. The summed E-state index contributed by atoms with van der Waals surface area (Å²) in [6, 6.07) is 16.9. The van der Waals surface area contributed by atoms with E-state index in [1.54, 1.807) is 29.2 Å². The molecule has 2 amide bonds. The number of carbonyl (C=O) groups is 2. The van der Waals surface area contributed by atoms with Gasteiger partial charge in [-0.15, -0.1) is 0 Å². The molecule has 1 N–H and O–H groups in total. The van der Waals surface area contributed by atoms with E-state index < -0.39 is 6.04 Å². The number of amides is 2. The summed E-state index contributed by atoms with van der Waals surface area (Å²) in [5.74, 6) is -0.712. The predicted octanol–water partition coefficient (Wildman–Crippen LogP) is 3.73. The molecule has 3 aromatic rings. The van der Waals surface area contributed by atoms with E-state index in [4.69, 9.17) is 0 Å². The minimum absolute atomic E-state index is 0.0696. The van der Waals surface area contributed by atoms with Gasteiger partial charge in [0.25, 0.3) is 5.91 Å². The minimum Gasteiger partial charge on any atom is -0.340 e. The van der Waals surface area contributed by atoms with Gasteiger partial charge in [0, 0.05) is 24.8 Å². The van der Waals surface area contributed by atoms with Crippen molar-refractivity contribution in [3.63, 3.8) is 0 Å². The molecule has 152 valence electrons. The first-order chi connectivity index (χ1) is 14.5. The van der Waals surface area contributed by atoms with E-state index in [0.717, 1.165) is 11.1 Å². The third-order valence-electron chi connectivity index (χ3n) is 5.26. The summed E-state index contributed by atoms with van der Waals surface area (Å²) in [5, 5.41) is 2.82. The highest BCUT2D eigenvalue weighted by molar-refractivity contribution is 5.98. The Bertz CT molecular complexity index is 1050. The molecular weight excluding hydrogens is 381 g/mol. The van der Waals surface area contributed by atoms with Crippen LogP contribution in [-0.4, -0.2) is 34.3 Å². The summed E-state index contributed by atoms with van der Waals surface area (Å²) in [7, 11) is 0.